The van der Waals surface area contributed by atoms with Gasteiger partial charge < -0.3 is 9.84 Å². The van der Waals surface area contributed by atoms with E-state index in [1.165, 1.54) is 0 Å². The number of phenols is 1. The number of hydrogen-bond acceptors (Lipinski definition) is 4. The Morgan fingerprint density at radius 1 is 0.966 bits per heavy atom. The molecule has 1 aliphatic rings. The summed E-state index contributed by atoms with van der Waals surface area (Å²) in [6.07, 6.45) is 0.459. The van der Waals surface area contributed by atoms with Crippen LogP contribution in [0.4, 0.5) is 0 Å². The fraction of sp³-hybridized carbons (Fsp3) is 0.174. The number of nitrogens with one attached hydrogen (secondary N) is 1. The summed E-state index contributed by atoms with van der Waals surface area (Å²) in [5, 5.41) is 14.1. The first-order valence-electron chi connectivity index (χ1n) is 9.24. The summed E-state index contributed by atoms with van der Waals surface area (Å²) >= 11 is 7.01. The number of aromatic hydroxyl groups is 1. The molecule has 3 aromatic carbocycles. The molecule has 2 atom stereocenters. The Hall–Kier alpha value is -2.15. The lowest BCUT2D eigenvalue weighted by molar-refractivity contribution is 0.412. The van der Waals surface area contributed by atoms with Crippen molar-refractivity contribution in [2.24, 2.45) is 4.99 Å². The molecule has 0 unspecified atom stereocenters. The van der Waals surface area contributed by atoms with Gasteiger partial charge in [0.25, 0.3) is 0 Å². The smallest absolute Gasteiger partial charge is 0.126 e. The number of phenolic OH excluding ortho intramolecular Hbond substituents is 1. The van der Waals surface area contributed by atoms with Gasteiger partial charge in [-0.2, -0.15) is 0 Å². The summed E-state index contributed by atoms with van der Waals surface area (Å²) < 4.78 is 7.24. The monoisotopic (exact) mass is 514 g/mol. The zero-order chi connectivity index (χ0) is 20.4. The Morgan fingerprint density at radius 3 is 2.34 bits per heavy atom. The lowest BCUT2D eigenvalue weighted by Gasteiger charge is -2.31. The van der Waals surface area contributed by atoms with Gasteiger partial charge in [-0.25, -0.2) is 0 Å². The van der Waals surface area contributed by atoms with Crippen molar-refractivity contribution in [3.05, 3.63) is 92.4 Å². The number of methoxy groups -OCH3 is 1. The summed E-state index contributed by atoms with van der Waals surface area (Å²) in [4.78, 5) is 4.99. The average molecular weight is 516 g/mol. The third-order valence-electron chi connectivity index (χ3n) is 5.02. The molecule has 0 aromatic heterocycles. The van der Waals surface area contributed by atoms with Crippen LogP contribution in [0.5, 0.6) is 11.5 Å². The van der Waals surface area contributed by atoms with E-state index in [1.54, 1.807) is 13.2 Å². The minimum Gasteiger partial charge on any atom is -0.508 e. The SMILES string of the molecule is COc1ccc(C2=N[C@@H](c3ccc(Br)cc3)N[C@@H](c3cc(Br)ccc3O)C2)cc1. The molecule has 2 N–H and O–H groups in total. The Balaban J connectivity index is 1.75. The molecule has 0 amide bonds. The third-order valence-corrected chi connectivity index (χ3v) is 6.04. The lowest BCUT2D eigenvalue weighted by atomic mass is 9.93. The summed E-state index contributed by atoms with van der Waals surface area (Å²) in [7, 11) is 1.66. The molecular formula is C23H20Br2N2O2. The van der Waals surface area contributed by atoms with E-state index in [2.05, 4.69) is 49.3 Å². The zero-order valence-electron chi connectivity index (χ0n) is 15.8. The zero-order valence-corrected chi connectivity index (χ0v) is 18.9. The Labute approximate surface area is 186 Å². The van der Waals surface area contributed by atoms with Gasteiger partial charge in [-0.1, -0.05) is 44.0 Å². The maximum atomic E-state index is 10.5. The summed E-state index contributed by atoms with van der Waals surface area (Å²) in [5.74, 6) is 1.09. The van der Waals surface area contributed by atoms with E-state index >= 15 is 0 Å². The molecule has 4 rings (SSSR count). The van der Waals surface area contributed by atoms with Crippen molar-refractivity contribution in [1.82, 2.24) is 5.32 Å². The summed E-state index contributed by atoms with van der Waals surface area (Å²) in [5.41, 5.74) is 3.96. The summed E-state index contributed by atoms with van der Waals surface area (Å²) in [6.45, 7) is 0. The highest BCUT2D eigenvalue weighted by Gasteiger charge is 2.27. The van der Waals surface area contributed by atoms with E-state index in [1.807, 2.05) is 48.5 Å². The van der Waals surface area contributed by atoms with E-state index in [-0.39, 0.29) is 18.0 Å². The molecule has 1 heterocycles. The second-order valence-electron chi connectivity index (χ2n) is 6.88. The molecule has 29 heavy (non-hydrogen) atoms. The van der Waals surface area contributed by atoms with Crippen LogP contribution >= 0.6 is 31.9 Å². The van der Waals surface area contributed by atoms with Gasteiger partial charge in [-0.05, 0) is 65.7 Å². The molecule has 0 radical (unpaired) electrons. The van der Waals surface area contributed by atoms with Gasteiger partial charge in [0.2, 0.25) is 0 Å². The minimum absolute atomic E-state index is 0.0734. The molecule has 1 aliphatic heterocycles. The van der Waals surface area contributed by atoms with Crippen LogP contribution in [0.3, 0.4) is 0 Å². The predicted octanol–water partition coefficient (Wildman–Crippen LogP) is 6.15. The minimum atomic E-state index is -0.211. The Kier molecular flexibility index (Phi) is 6.04. The van der Waals surface area contributed by atoms with Crippen LogP contribution in [0.1, 0.15) is 35.3 Å². The van der Waals surface area contributed by atoms with Crippen molar-refractivity contribution in [1.29, 1.82) is 0 Å². The fourth-order valence-corrected chi connectivity index (χ4v) is 4.13. The van der Waals surface area contributed by atoms with E-state index in [4.69, 9.17) is 9.73 Å². The van der Waals surface area contributed by atoms with E-state index in [9.17, 15) is 5.11 Å². The maximum absolute atomic E-state index is 10.5. The van der Waals surface area contributed by atoms with Crippen LogP contribution in [0.15, 0.2) is 80.7 Å². The molecule has 0 aliphatic carbocycles. The number of nitrogens with zero attached hydrogens (tertiary/aromatic N) is 1. The van der Waals surface area contributed by atoms with Crippen molar-refractivity contribution in [3.63, 3.8) is 0 Å². The normalized spacial score (nSPS) is 18.9. The molecule has 3 aromatic rings. The van der Waals surface area contributed by atoms with Crippen molar-refractivity contribution < 1.29 is 9.84 Å². The van der Waals surface area contributed by atoms with Crippen LogP contribution in [0, 0.1) is 0 Å². The van der Waals surface area contributed by atoms with Crippen LogP contribution < -0.4 is 10.1 Å². The number of aliphatic imine (C=N–C) groups is 1. The van der Waals surface area contributed by atoms with Crippen molar-refractivity contribution in [2.75, 3.05) is 7.11 Å². The van der Waals surface area contributed by atoms with Gasteiger partial charge in [-0.3, -0.25) is 10.3 Å². The molecule has 0 saturated carbocycles. The predicted molar refractivity (Wildman–Crippen MR) is 123 cm³/mol. The molecule has 6 heteroatoms. The molecule has 148 valence electrons. The first kappa shape index (κ1) is 20.1. The van der Waals surface area contributed by atoms with Crippen molar-refractivity contribution >= 4 is 37.6 Å². The van der Waals surface area contributed by atoms with Crippen molar-refractivity contribution in [2.45, 2.75) is 18.6 Å². The Bertz CT molecular complexity index is 1030. The van der Waals surface area contributed by atoms with Gasteiger partial charge in [-0.15, -0.1) is 0 Å². The highest BCUT2D eigenvalue weighted by Crippen LogP contribution is 2.36. The second-order valence-corrected chi connectivity index (χ2v) is 8.72. The number of hydrogen-bond donors (Lipinski definition) is 2. The fourth-order valence-electron chi connectivity index (χ4n) is 3.48. The topological polar surface area (TPSA) is 53.8 Å². The van der Waals surface area contributed by atoms with Gasteiger partial charge in [0.05, 0.1) is 7.11 Å². The quantitative estimate of drug-likeness (QED) is 0.438. The average Bonchev–Trinajstić information content (AvgIpc) is 2.75. The van der Waals surface area contributed by atoms with Crippen LogP contribution in [0.25, 0.3) is 0 Å². The highest BCUT2D eigenvalue weighted by atomic mass is 79.9. The van der Waals surface area contributed by atoms with Crippen LogP contribution in [-0.4, -0.2) is 17.9 Å². The standard InChI is InChI=1S/C23H20Br2N2O2/c1-29-18-9-4-14(5-10-18)20-13-21(19-12-17(25)8-11-22(19)28)27-23(26-20)15-2-6-16(24)7-3-15/h2-12,21,23,27-28H,13H2,1H3/t21-,23-/m1/s1. The van der Waals surface area contributed by atoms with Crippen LogP contribution in [0.2, 0.25) is 0 Å². The van der Waals surface area contributed by atoms with Crippen molar-refractivity contribution in [3.8, 4) is 11.5 Å². The van der Waals surface area contributed by atoms with Crippen LogP contribution in [-0.2, 0) is 0 Å². The third kappa shape index (κ3) is 4.55. The maximum Gasteiger partial charge on any atom is 0.126 e. The number of rotatable bonds is 4. The molecule has 0 bridgehead atoms. The molecule has 0 fully saturated rings. The lowest BCUT2D eigenvalue weighted by Crippen LogP contribution is -2.33. The molecule has 4 nitrogen and oxygen atoms in total. The highest BCUT2D eigenvalue weighted by molar-refractivity contribution is 9.10. The van der Waals surface area contributed by atoms with E-state index < -0.39 is 0 Å². The molecular weight excluding hydrogens is 496 g/mol. The number of halogens is 2. The second kappa shape index (κ2) is 8.69. The molecule has 0 spiro atoms. The van der Waals surface area contributed by atoms with Gasteiger partial charge in [0, 0.05) is 32.7 Å². The van der Waals surface area contributed by atoms with E-state index in [0.717, 1.165) is 37.1 Å². The number of benzene rings is 3. The molecule has 0 saturated heterocycles. The first-order chi connectivity index (χ1) is 14.0. The van der Waals surface area contributed by atoms with Gasteiger partial charge in [0.15, 0.2) is 0 Å². The first-order valence-corrected chi connectivity index (χ1v) is 10.8. The summed E-state index contributed by atoms with van der Waals surface area (Å²) in [6, 6.07) is 21.5. The number of ether oxygens (including phenoxy) is 1. The van der Waals surface area contributed by atoms with E-state index in [0.29, 0.717) is 6.42 Å². The largest absolute Gasteiger partial charge is 0.508 e. The Morgan fingerprint density at radius 2 is 1.66 bits per heavy atom. The van der Waals surface area contributed by atoms with Gasteiger partial charge in [0.1, 0.15) is 17.7 Å². The van der Waals surface area contributed by atoms with Gasteiger partial charge >= 0.3 is 0 Å².